The zero-order valence-corrected chi connectivity index (χ0v) is 15.0. The third kappa shape index (κ3) is 3.68. The Bertz CT molecular complexity index is 631. The Kier molecular flexibility index (Phi) is 6.13. The number of benzene rings is 1. The first-order chi connectivity index (χ1) is 11.1. The fourth-order valence-electron chi connectivity index (χ4n) is 3.29. The number of para-hydroxylation sites is 1. The molecule has 3 rings (SSSR count). The molecule has 2 N–H and O–H groups in total. The Hall–Kier alpha value is -1.72. The lowest BCUT2D eigenvalue weighted by atomic mass is 9.91. The summed E-state index contributed by atoms with van der Waals surface area (Å²) in [5.74, 6) is 1.84. The number of rotatable bonds is 3. The van der Waals surface area contributed by atoms with Gasteiger partial charge in [-0.3, -0.25) is 4.79 Å². The van der Waals surface area contributed by atoms with Crippen LogP contribution in [0.5, 0.6) is 11.5 Å². The fraction of sp³-hybridized carbons (Fsp3) is 0.500. The number of carbonyl (C=O) groups excluding carboxylic acids is 1. The van der Waals surface area contributed by atoms with Crippen molar-refractivity contribution in [2.45, 2.75) is 25.8 Å². The van der Waals surface area contributed by atoms with Crippen molar-refractivity contribution in [1.29, 1.82) is 0 Å². The molecule has 2 aliphatic rings. The lowest BCUT2D eigenvalue weighted by Crippen LogP contribution is -2.46. The summed E-state index contributed by atoms with van der Waals surface area (Å²) in [4.78, 5) is 14.7. The van der Waals surface area contributed by atoms with Crippen LogP contribution in [0.25, 0.3) is 6.08 Å². The quantitative estimate of drug-likeness (QED) is 0.907. The van der Waals surface area contributed by atoms with Gasteiger partial charge in [0.1, 0.15) is 6.61 Å². The molecular weight excluding hydrogens is 328 g/mol. The van der Waals surface area contributed by atoms with E-state index in [2.05, 4.69) is 0 Å². The van der Waals surface area contributed by atoms with E-state index in [0.717, 1.165) is 31.5 Å². The molecule has 2 atom stereocenters. The summed E-state index contributed by atoms with van der Waals surface area (Å²) in [5.41, 5.74) is 7.59. The van der Waals surface area contributed by atoms with Crippen LogP contribution in [-0.4, -0.2) is 43.7 Å². The van der Waals surface area contributed by atoms with E-state index in [0.29, 0.717) is 23.0 Å². The molecule has 1 fully saturated rings. The molecule has 1 aromatic rings. The van der Waals surface area contributed by atoms with Crippen LogP contribution >= 0.6 is 12.4 Å². The second kappa shape index (κ2) is 7.90. The Balaban J connectivity index is 0.00000208. The molecule has 2 aliphatic heterocycles. The number of piperidine rings is 1. The Morgan fingerprint density at radius 3 is 2.96 bits per heavy atom. The number of hydrogen-bond acceptors (Lipinski definition) is 4. The number of nitrogens with two attached hydrogens (primary N) is 1. The minimum atomic E-state index is 0. The van der Waals surface area contributed by atoms with Gasteiger partial charge in [-0.2, -0.15) is 0 Å². The van der Waals surface area contributed by atoms with Gasteiger partial charge < -0.3 is 20.1 Å². The molecule has 0 saturated carbocycles. The second-order valence-corrected chi connectivity index (χ2v) is 6.35. The summed E-state index contributed by atoms with van der Waals surface area (Å²) in [7, 11) is 1.62. The standard InChI is InChI=1S/C18H24N2O3.ClH/c1-12(19)14-6-4-8-20(10-14)18(21)15-9-13-5-3-7-16(22-2)17(13)23-11-15;/h3,5,7,9,12,14H,4,6,8,10-11,19H2,1-2H3;1H. The van der Waals surface area contributed by atoms with Gasteiger partial charge >= 0.3 is 0 Å². The number of ether oxygens (including phenoxy) is 2. The van der Waals surface area contributed by atoms with Crippen LogP contribution < -0.4 is 15.2 Å². The molecule has 2 unspecified atom stereocenters. The molecule has 2 heterocycles. The van der Waals surface area contributed by atoms with E-state index in [1.54, 1.807) is 7.11 Å². The number of nitrogens with zero attached hydrogens (tertiary/aromatic N) is 1. The Morgan fingerprint density at radius 1 is 1.46 bits per heavy atom. The molecule has 1 amide bonds. The van der Waals surface area contributed by atoms with Gasteiger partial charge in [0.15, 0.2) is 11.5 Å². The molecule has 5 nitrogen and oxygen atoms in total. The van der Waals surface area contributed by atoms with Crippen LogP contribution in [0.3, 0.4) is 0 Å². The number of halogens is 1. The second-order valence-electron chi connectivity index (χ2n) is 6.35. The summed E-state index contributed by atoms with van der Waals surface area (Å²) in [6.45, 7) is 3.83. The van der Waals surface area contributed by atoms with Crippen molar-refractivity contribution < 1.29 is 14.3 Å². The summed E-state index contributed by atoms with van der Waals surface area (Å²) in [6.07, 6.45) is 4.02. The maximum Gasteiger partial charge on any atom is 0.253 e. The van der Waals surface area contributed by atoms with Gasteiger partial charge in [0.05, 0.1) is 12.7 Å². The summed E-state index contributed by atoms with van der Waals surface area (Å²) >= 11 is 0. The minimum Gasteiger partial charge on any atom is -0.493 e. The summed E-state index contributed by atoms with van der Waals surface area (Å²) < 4.78 is 11.1. The first-order valence-electron chi connectivity index (χ1n) is 8.15. The van der Waals surface area contributed by atoms with E-state index < -0.39 is 0 Å². The molecule has 1 saturated heterocycles. The van der Waals surface area contributed by atoms with E-state index in [4.69, 9.17) is 15.2 Å². The zero-order chi connectivity index (χ0) is 16.4. The van der Waals surface area contributed by atoms with E-state index in [-0.39, 0.29) is 31.0 Å². The molecule has 0 aliphatic carbocycles. The SMILES string of the molecule is COc1cccc2c1OCC(C(=O)N1CCCC(C(C)N)C1)=C2.Cl. The normalized spacial score (nSPS) is 20.9. The van der Waals surface area contributed by atoms with Crippen LogP contribution in [0, 0.1) is 5.92 Å². The number of amides is 1. The van der Waals surface area contributed by atoms with Crippen LogP contribution in [0.4, 0.5) is 0 Å². The number of methoxy groups -OCH3 is 1. The summed E-state index contributed by atoms with van der Waals surface area (Å²) in [5, 5.41) is 0. The van der Waals surface area contributed by atoms with E-state index >= 15 is 0 Å². The van der Waals surface area contributed by atoms with Gasteiger partial charge in [-0.1, -0.05) is 12.1 Å². The minimum absolute atomic E-state index is 0. The average Bonchev–Trinajstić information content (AvgIpc) is 2.60. The van der Waals surface area contributed by atoms with Gasteiger partial charge in [0.25, 0.3) is 5.91 Å². The van der Waals surface area contributed by atoms with Crippen molar-refractivity contribution in [3.63, 3.8) is 0 Å². The van der Waals surface area contributed by atoms with Crippen LogP contribution in [0.15, 0.2) is 23.8 Å². The zero-order valence-electron chi connectivity index (χ0n) is 14.2. The first kappa shape index (κ1) is 18.6. The average molecular weight is 353 g/mol. The predicted octanol–water partition coefficient (Wildman–Crippen LogP) is 2.48. The van der Waals surface area contributed by atoms with E-state index in [9.17, 15) is 4.79 Å². The highest BCUT2D eigenvalue weighted by Crippen LogP contribution is 2.36. The fourth-order valence-corrected chi connectivity index (χ4v) is 3.29. The predicted molar refractivity (Wildman–Crippen MR) is 96.7 cm³/mol. The van der Waals surface area contributed by atoms with Crippen molar-refractivity contribution in [1.82, 2.24) is 4.90 Å². The maximum atomic E-state index is 12.8. The van der Waals surface area contributed by atoms with Crippen LogP contribution in [0.2, 0.25) is 0 Å². The Labute approximate surface area is 149 Å². The van der Waals surface area contributed by atoms with Crippen molar-refractivity contribution in [2.24, 2.45) is 11.7 Å². The molecule has 0 radical (unpaired) electrons. The van der Waals surface area contributed by atoms with Gasteiger partial charge in [0, 0.05) is 24.7 Å². The molecule has 1 aromatic carbocycles. The topological polar surface area (TPSA) is 64.8 Å². The van der Waals surface area contributed by atoms with Crippen LogP contribution in [0.1, 0.15) is 25.3 Å². The highest BCUT2D eigenvalue weighted by atomic mass is 35.5. The van der Waals surface area contributed by atoms with Crippen molar-refractivity contribution >= 4 is 24.4 Å². The molecule has 6 heteroatoms. The maximum absolute atomic E-state index is 12.8. The first-order valence-corrected chi connectivity index (χ1v) is 8.15. The smallest absolute Gasteiger partial charge is 0.253 e. The number of hydrogen-bond donors (Lipinski definition) is 1. The molecule has 0 bridgehead atoms. The number of carbonyl (C=O) groups is 1. The monoisotopic (exact) mass is 352 g/mol. The highest BCUT2D eigenvalue weighted by Gasteiger charge is 2.29. The number of likely N-dealkylation sites (tertiary alicyclic amines) is 1. The molecule has 0 spiro atoms. The largest absolute Gasteiger partial charge is 0.493 e. The molecule has 132 valence electrons. The third-order valence-corrected chi connectivity index (χ3v) is 4.69. The molecule has 0 aromatic heterocycles. The van der Waals surface area contributed by atoms with Gasteiger partial charge in [0.2, 0.25) is 0 Å². The Morgan fingerprint density at radius 2 is 2.25 bits per heavy atom. The summed E-state index contributed by atoms with van der Waals surface area (Å²) in [6, 6.07) is 5.81. The molecule has 24 heavy (non-hydrogen) atoms. The van der Waals surface area contributed by atoms with E-state index in [1.165, 1.54) is 0 Å². The van der Waals surface area contributed by atoms with Crippen molar-refractivity contribution in [2.75, 3.05) is 26.8 Å². The highest BCUT2D eigenvalue weighted by molar-refractivity contribution is 5.99. The molecular formula is C18H25ClN2O3. The lowest BCUT2D eigenvalue weighted by molar-refractivity contribution is -0.129. The van der Waals surface area contributed by atoms with Gasteiger partial charge in [-0.05, 0) is 37.8 Å². The van der Waals surface area contributed by atoms with Gasteiger partial charge in [-0.15, -0.1) is 12.4 Å². The number of fused-ring (bicyclic) bond motifs is 1. The van der Waals surface area contributed by atoms with Crippen molar-refractivity contribution in [3.8, 4) is 11.5 Å². The third-order valence-electron chi connectivity index (χ3n) is 4.69. The van der Waals surface area contributed by atoms with E-state index in [1.807, 2.05) is 36.1 Å². The lowest BCUT2D eigenvalue weighted by Gasteiger charge is -2.35. The van der Waals surface area contributed by atoms with Crippen molar-refractivity contribution in [3.05, 3.63) is 29.3 Å². The van der Waals surface area contributed by atoms with Crippen LogP contribution in [-0.2, 0) is 4.79 Å². The van der Waals surface area contributed by atoms with Gasteiger partial charge in [-0.25, -0.2) is 0 Å².